The first-order chi connectivity index (χ1) is 15.7. The summed E-state index contributed by atoms with van der Waals surface area (Å²) in [6.07, 6.45) is 0.122. The molecule has 2 aromatic rings. The van der Waals surface area contributed by atoms with E-state index in [4.69, 9.17) is 4.74 Å². The van der Waals surface area contributed by atoms with Crippen LogP contribution in [0.15, 0.2) is 53.4 Å². The smallest absolute Gasteiger partial charge is 0.269 e. The molecule has 3 rings (SSSR count). The molecule has 0 aliphatic carbocycles. The van der Waals surface area contributed by atoms with Crippen molar-refractivity contribution in [3.8, 4) is 5.75 Å². The topological polar surface area (TPSA) is 113 Å². The molecule has 0 fully saturated rings. The molecule has 2 aromatic carbocycles. The van der Waals surface area contributed by atoms with Crippen LogP contribution in [-0.4, -0.2) is 62.1 Å². The van der Waals surface area contributed by atoms with Crippen molar-refractivity contribution in [2.75, 3.05) is 20.7 Å². The average Bonchev–Trinajstić information content (AvgIpc) is 3.02. The molecule has 0 spiro atoms. The van der Waals surface area contributed by atoms with Gasteiger partial charge in [-0.1, -0.05) is 31.2 Å². The molecule has 0 radical (unpaired) electrons. The molecule has 3 amide bonds. The minimum Gasteiger partial charge on any atom is -0.497 e. The van der Waals surface area contributed by atoms with Crippen molar-refractivity contribution in [2.45, 2.75) is 37.2 Å². The van der Waals surface area contributed by atoms with Crippen LogP contribution in [0.5, 0.6) is 5.75 Å². The maximum atomic E-state index is 13.2. The molecule has 0 saturated heterocycles. The highest BCUT2D eigenvalue weighted by atomic mass is 32.2. The third-order valence-electron chi connectivity index (χ3n) is 5.59. The van der Waals surface area contributed by atoms with Crippen molar-refractivity contribution >= 4 is 27.7 Å². The van der Waals surface area contributed by atoms with E-state index in [-0.39, 0.29) is 35.9 Å². The average molecular weight is 474 g/mol. The van der Waals surface area contributed by atoms with E-state index in [0.717, 1.165) is 9.87 Å². The predicted molar refractivity (Wildman–Crippen MR) is 121 cm³/mol. The van der Waals surface area contributed by atoms with Crippen LogP contribution in [0.1, 0.15) is 35.7 Å². The van der Waals surface area contributed by atoms with Crippen LogP contribution in [0.2, 0.25) is 0 Å². The standard InChI is InChI=1S/C23H27N3O6S/c1-4-19(22(28)24-2)25(15-16-9-11-17(32-3)12-10-16)21(27)13-14-26-23(29)18-7-5-6-8-20(18)33(26,30)31/h5-12,19H,4,13-15H2,1-3H3,(H,24,28)/t19-/m1/s1. The first-order valence-corrected chi connectivity index (χ1v) is 12.0. The molecule has 0 bridgehead atoms. The Hall–Kier alpha value is -3.40. The quantitative estimate of drug-likeness (QED) is 0.594. The highest BCUT2D eigenvalue weighted by Gasteiger charge is 2.41. The molecule has 0 saturated carbocycles. The van der Waals surface area contributed by atoms with Gasteiger partial charge in [0.25, 0.3) is 15.9 Å². The first-order valence-electron chi connectivity index (χ1n) is 10.5. The molecule has 10 heteroatoms. The van der Waals surface area contributed by atoms with Gasteiger partial charge in [0.2, 0.25) is 11.8 Å². The van der Waals surface area contributed by atoms with Crippen molar-refractivity contribution in [3.05, 3.63) is 59.7 Å². The predicted octanol–water partition coefficient (Wildman–Crippen LogP) is 1.78. The van der Waals surface area contributed by atoms with Crippen molar-refractivity contribution in [1.82, 2.24) is 14.5 Å². The van der Waals surface area contributed by atoms with Gasteiger partial charge in [0.05, 0.1) is 12.7 Å². The van der Waals surface area contributed by atoms with Gasteiger partial charge in [-0.3, -0.25) is 14.4 Å². The highest BCUT2D eigenvalue weighted by Crippen LogP contribution is 2.30. The van der Waals surface area contributed by atoms with Crippen LogP contribution >= 0.6 is 0 Å². The molecule has 1 atom stereocenters. The van der Waals surface area contributed by atoms with Gasteiger partial charge >= 0.3 is 0 Å². The van der Waals surface area contributed by atoms with E-state index < -0.39 is 27.9 Å². The number of nitrogens with one attached hydrogen (secondary N) is 1. The van der Waals surface area contributed by atoms with Gasteiger partial charge in [-0.15, -0.1) is 0 Å². The zero-order valence-corrected chi connectivity index (χ0v) is 19.6. The number of likely N-dealkylation sites (N-methyl/N-ethyl adjacent to an activating group) is 1. The molecule has 1 aliphatic heterocycles. The third kappa shape index (κ3) is 4.85. The van der Waals surface area contributed by atoms with Crippen molar-refractivity contribution in [3.63, 3.8) is 0 Å². The van der Waals surface area contributed by atoms with Crippen LogP contribution in [0, 0.1) is 0 Å². The summed E-state index contributed by atoms with van der Waals surface area (Å²) >= 11 is 0. The summed E-state index contributed by atoms with van der Waals surface area (Å²) in [6, 6.07) is 12.3. The van der Waals surface area contributed by atoms with E-state index in [1.165, 1.54) is 24.1 Å². The van der Waals surface area contributed by atoms with Gasteiger partial charge in [-0.25, -0.2) is 12.7 Å². The molecular weight excluding hydrogens is 446 g/mol. The van der Waals surface area contributed by atoms with E-state index >= 15 is 0 Å². The fourth-order valence-electron chi connectivity index (χ4n) is 3.81. The summed E-state index contributed by atoms with van der Waals surface area (Å²) in [5.41, 5.74) is 0.876. The van der Waals surface area contributed by atoms with Gasteiger partial charge < -0.3 is 15.0 Å². The Labute approximate surface area is 193 Å². The van der Waals surface area contributed by atoms with Crippen LogP contribution in [-0.2, 0) is 26.2 Å². The zero-order chi connectivity index (χ0) is 24.2. The fourth-order valence-corrected chi connectivity index (χ4v) is 5.38. The van der Waals surface area contributed by atoms with E-state index in [1.807, 2.05) is 0 Å². The van der Waals surface area contributed by atoms with Gasteiger partial charge in [0.1, 0.15) is 16.7 Å². The van der Waals surface area contributed by atoms with E-state index in [0.29, 0.717) is 12.2 Å². The molecule has 1 heterocycles. The lowest BCUT2D eigenvalue weighted by atomic mass is 10.1. The summed E-state index contributed by atoms with van der Waals surface area (Å²) < 4.78 is 31.4. The van der Waals surface area contributed by atoms with Crippen LogP contribution in [0.25, 0.3) is 0 Å². The number of nitrogens with zero attached hydrogens (tertiary/aromatic N) is 2. The van der Waals surface area contributed by atoms with E-state index in [2.05, 4.69) is 5.32 Å². The second-order valence-corrected chi connectivity index (χ2v) is 9.37. The van der Waals surface area contributed by atoms with Gasteiger partial charge in [0, 0.05) is 26.6 Å². The molecule has 1 aliphatic rings. The number of methoxy groups -OCH3 is 1. The maximum absolute atomic E-state index is 13.2. The Morgan fingerprint density at radius 3 is 2.36 bits per heavy atom. The third-order valence-corrected chi connectivity index (χ3v) is 7.43. The fraction of sp³-hybridized carbons (Fsp3) is 0.348. The van der Waals surface area contributed by atoms with Crippen LogP contribution < -0.4 is 10.1 Å². The summed E-state index contributed by atoms with van der Waals surface area (Å²) in [5.74, 6) is -0.748. The first kappa shape index (κ1) is 24.2. The molecule has 33 heavy (non-hydrogen) atoms. The number of sulfonamides is 1. The second kappa shape index (κ2) is 10.0. The van der Waals surface area contributed by atoms with Gasteiger partial charge in [-0.05, 0) is 36.2 Å². The summed E-state index contributed by atoms with van der Waals surface area (Å²) in [7, 11) is -0.966. The lowest BCUT2D eigenvalue weighted by molar-refractivity contribution is -0.141. The molecule has 1 N–H and O–H groups in total. The molecule has 0 unspecified atom stereocenters. The normalized spacial score (nSPS) is 15.0. The van der Waals surface area contributed by atoms with Gasteiger partial charge in [0.15, 0.2) is 0 Å². The van der Waals surface area contributed by atoms with Crippen molar-refractivity contribution in [2.24, 2.45) is 0 Å². The molecular formula is C23H27N3O6S. The number of hydrogen-bond acceptors (Lipinski definition) is 6. The summed E-state index contributed by atoms with van der Waals surface area (Å²) in [6.45, 7) is 1.63. The highest BCUT2D eigenvalue weighted by molar-refractivity contribution is 7.90. The minimum absolute atomic E-state index is 0.0608. The summed E-state index contributed by atoms with van der Waals surface area (Å²) in [5, 5.41) is 2.57. The Bertz CT molecular complexity index is 1150. The van der Waals surface area contributed by atoms with Crippen LogP contribution in [0.4, 0.5) is 0 Å². The summed E-state index contributed by atoms with van der Waals surface area (Å²) in [4.78, 5) is 39.7. The number of carbonyl (C=O) groups is 3. The van der Waals surface area contributed by atoms with Crippen molar-refractivity contribution < 1.29 is 27.5 Å². The maximum Gasteiger partial charge on any atom is 0.269 e. The lowest BCUT2D eigenvalue weighted by Gasteiger charge is -2.30. The van der Waals surface area contributed by atoms with E-state index in [1.54, 1.807) is 50.4 Å². The SMILES string of the molecule is CC[C@H](C(=O)NC)N(Cc1ccc(OC)cc1)C(=O)CCN1C(=O)c2ccccc2S1(=O)=O. The Morgan fingerprint density at radius 2 is 1.79 bits per heavy atom. The Morgan fingerprint density at radius 1 is 1.12 bits per heavy atom. The number of carbonyl (C=O) groups excluding carboxylic acids is 3. The van der Waals surface area contributed by atoms with Gasteiger partial charge in [-0.2, -0.15) is 0 Å². The van der Waals surface area contributed by atoms with Crippen LogP contribution in [0.3, 0.4) is 0 Å². The van der Waals surface area contributed by atoms with E-state index in [9.17, 15) is 22.8 Å². The minimum atomic E-state index is -4.01. The second-order valence-electron chi connectivity index (χ2n) is 7.54. The Kier molecular flexibility index (Phi) is 7.37. The Balaban J connectivity index is 1.81. The lowest BCUT2D eigenvalue weighted by Crippen LogP contribution is -2.49. The number of ether oxygens (including phenoxy) is 1. The number of rotatable bonds is 9. The number of amides is 3. The van der Waals surface area contributed by atoms with Crippen molar-refractivity contribution in [1.29, 1.82) is 0 Å². The number of fused-ring (bicyclic) bond motifs is 1. The molecule has 0 aromatic heterocycles. The molecule has 9 nitrogen and oxygen atoms in total. The zero-order valence-electron chi connectivity index (χ0n) is 18.8. The monoisotopic (exact) mass is 473 g/mol. The largest absolute Gasteiger partial charge is 0.497 e. The number of hydrogen-bond donors (Lipinski definition) is 1. The number of benzene rings is 2. The molecule has 176 valence electrons.